The highest BCUT2D eigenvalue weighted by Crippen LogP contribution is 2.30. The topological polar surface area (TPSA) is 72.2 Å². The van der Waals surface area contributed by atoms with Crippen LogP contribution in [0.4, 0.5) is 5.69 Å². The molecule has 0 aliphatic heterocycles. The fourth-order valence-electron chi connectivity index (χ4n) is 1.50. The molecule has 2 amide bonds. The number of nitrogens with two attached hydrogens (primary N) is 1. The first-order valence-corrected chi connectivity index (χ1v) is 5.33. The quantitative estimate of drug-likeness (QED) is 0.793. The largest absolute Gasteiger partial charge is 0.369 e. The molecule has 1 aliphatic carbocycles. The van der Waals surface area contributed by atoms with Gasteiger partial charge in [-0.3, -0.25) is 9.59 Å². The minimum Gasteiger partial charge on any atom is -0.369 e. The van der Waals surface area contributed by atoms with Crippen molar-refractivity contribution in [3.05, 3.63) is 29.8 Å². The van der Waals surface area contributed by atoms with Crippen molar-refractivity contribution in [3.8, 4) is 0 Å². The lowest BCUT2D eigenvalue weighted by Gasteiger charge is -2.04. The number of hydrogen-bond acceptors (Lipinski definition) is 2. The summed E-state index contributed by atoms with van der Waals surface area (Å²) in [7, 11) is 0. The molecule has 0 aromatic heterocycles. The van der Waals surface area contributed by atoms with E-state index >= 15 is 0 Å². The third kappa shape index (κ3) is 2.82. The van der Waals surface area contributed by atoms with Crippen LogP contribution in [0.5, 0.6) is 0 Å². The van der Waals surface area contributed by atoms with Crippen molar-refractivity contribution >= 4 is 17.5 Å². The van der Waals surface area contributed by atoms with Gasteiger partial charge >= 0.3 is 0 Å². The summed E-state index contributed by atoms with van der Waals surface area (Å²) in [4.78, 5) is 22.1. The van der Waals surface area contributed by atoms with Gasteiger partial charge in [0.1, 0.15) is 0 Å². The van der Waals surface area contributed by atoms with E-state index in [-0.39, 0.29) is 24.2 Å². The zero-order chi connectivity index (χ0) is 11.5. The zero-order valence-electron chi connectivity index (χ0n) is 8.90. The van der Waals surface area contributed by atoms with Crippen LogP contribution in [0.1, 0.15) is 18.4 Å². The number of primary amides is 1. The van der Waals surface area contributed by atoms with Gasteiger partial charge in [-0.1, -0.05) is 12.1 Å². The number of hydrogen-bond donors (Lipinski definition) is 2. The van der Waals surface area contributed by atoms with Crippen LogP contribution in [0.15, 0.2) is 24.3 Å². The van der Waals surface area contributed by atoms with Gasteiger partial charge in [-0.25, -0.2) is 0 Å². The maximum atomic E-state index is 11.5. The molecule has 0 radical (unpaired) electrons. The second kappa shape index (κ2) is 4.35. The minimum atomic E-state index is -0.352. The molecule has 0 bridgehead atoms. The van der Waals surface area contributed by atoms with Gasteiger partial charge in [-0.15, -0.1) is 0 Å². The molecule has 0 saturated heterocycles. The average Bonchev–Trinajstić information content (AvgIpc) is 3.03. The number of anilines is 1. The summed E-state index contributed by atoms with van der Waals surface area (Å²) in [5, 5.41) is 2.83. The molecule has 3 N–H and O–H groups in total. The Balaban J connectivity index is 1.95. The Morgan fingerprint density at radius 3 is 2.38 bits per heavy atom. The highest BCUT2D eigenvalue weighted by molar-refractivity contribution is 5.94. The summed E-state index contributed by atoms with van der Waals surface area (Å²) < 4.78 is 0. The van der Waals surface area contributed by atoms with Gasteiger partial charge in [0.15, 0.2) is 0 Å². The van der Waals surface area contributed by atoms with Crippen molar-refractivity contribution in [2.75, 3.05) is 5.32 Å². The molecule has 4 nitrogen and oxygen atoms in total. The van der Waals surface area contributed by atoms with Crippen LogP contribution in [0.25, 0.3) is 0 Å². The molecule has 1 aromatic carbocycles. The number of carbonyl (C=O) groups is 2. The van der Waals surface area contributed by atoms with Gasteiger partial charge in [0.05, 0.1) is 6.42 Å². The van der Waals surface area contributed by atoms with E-state index in [1.54, 1.807) is 24.3 Å². The van der Waals surface area contributed by atoms with Gasteiger partial charge in [-0.2, -0.15) is 0 Å². The molecule has 16 heavy (non-hydrogen) atoms. The molecule has 84 valence electrons. The lowest BCUT2D eigenvalue weighted by molar-refractivity contribution is -0.118. The molecule has 1 aromatic rings. The van der Waals surface area contributed by atoms with Crippen molar-refractivity contribution in [1.29, 1.82) is 0 Å². The summed E-state index contributed by atoms with van der Waals surface area (Å²) in [6.07, 6.45) is 2.22. The Kier molecular flexibility index (Phi) is 2.90. The third-order valence-electron chi connectivity index (χ3n) is 2.55. The molecule has 0 spiro atoms. The van der Waals surface area contributed by atoms with Gasteiger partial charge < -0.3 is 11.1 Å². The molecule has 0 atom stereocenters. The van der Waals surface area contributed by atoms with Crippen LogP contribution in [0.2, 0.25) is 0 Å². The second-order valence-corrected chi connectivity index (χ2v) is 4.10. The van der Waals surface area contributed by atoms with Crippen molar-refractivity contribution in [2.24, 2.45) is 11.7 Å². The smallest absolute Gasteiger partial charge is 0.227 e. The van der Waals surface area contributed by atoms with E-state index in [4.69, 9.17) is 5.73 Å². The third-order valence-corrected chi connectivity index (χ3v) is 2.55. The SMILES string of the molecule is NC(=O)Cc1ccc(NC(=O)C2CC2)cc1. The minimum absolute atomic E-state index is 0.0858. The fourth-order valence-corrected chi connectivity index (χ4v) is 1.50. The summed E-state index contributed by atoms with van der Waals surface area (Å²) >= 11 is 0. The Bertz CT molecular complexity index is 408. The van der Waals surface area contributed by atoms with E-state index in [0.29, 0.717) is 0 Å². The highest BCUT2D eigenvalue weighted by atomic mass is 16.2. The highest BCUT2D eigenvalue weighted by Gasteiger charge is 2.29. The number of amides is 2. The molecule has 2 rings (SSSR count). The van der Waals surface area contributed by atoms with Gasteiger partial charge in [0, 0.05) is 11.6 Å². The van der Waals surface area contributed by atoms with E-state index in [1.807, 2.05) is 0 Å². The van der Waals surface area contributed by atoms with Crippen LogP contribution >= 0.6 is 0 Å². The molecular formula is C12H14N2O2. The van der Waals surface area contributed by atoms with Crippen LogP contribution in [-0.2, 0) is 16.0 Å². The average molecular weight is 218 g/mol. The standard InChI is InChI=1S/C12H14N2O2/c13-11(15)7-8-1-5-10(6-2-8)14-12(16)9-3-4-9/h1-2,5-6,9H,3-4,7H2,(H2,13,15)(H,14,16). The summed E-state index contributed by atoms with van der Waals surface area (Å²) in [5.74, 6) is -0.0669. The normalized spacial score (nSPS) is 14.5. The lowest BCUT2D eigenvalue weighted by Crippen LogP contribution is -2.14. The molecule has 0 heterocycles. The first-order valence-electron chi connectivity index (χ1n) is 5.33. The summed E-state index contributed by atoms with van der Waals surface area (Å²) in [6.45, 7) is 0. The Labute approximate surface area is 93.8 Å². The van der Waals surface area contributed by atoms with E-state index < -0.39 is 0 Å². The molecular weight excluding hydrogens is 204 g/mol. The monoisotopic (exact) mass is 218 g/mol. The van der Waals surface area contributed by atoms with Crippen molar-refractivity contribution in [3.63, 3.8) is 0 Å². The first kappa shape index (κ1) is 10.7. The second-order valence-electron chi connectivity index (χ2n) is 4.10. The maximum Gasteiger partial charge on any atom is 0.227 e. The molecule has 1 saturated carbocycles. The molecule has 0 unspecified atom stereocenters. The Morgan fingerprint density at radius 2 is 1.88 bits per heavy atom. The van der Waals surface area contributed by atoms with Crippen molar-refractivity contribution in [2.45, 2.75) is 19.3 Å². The van der Waals surface area contributed by atoms with Crippen LogP contribution in [0, 0.1) is 5.92 Å². The molecule has 1 aliphatic rings. The van der Waals surface area contributed by atoms with E-state index in [2.05, 4.69) is 5.32 Å². The Hall–Kier alpha value is -1.84. The lowest BCUT2D eigenvalue weighted by atomic mass is 10.1. The van der Waals surface area contributed by atoms with Crippen molar-refractivity contribution < 1.29 is 9.59 Å². The van der Waals surface area contributed by atoms with Crippen LogP contribution in [-0.4, -0.2) is 11.8 Å². The zero-order valence-corrected chi connectivity index (χ0v) is 8.90. The maximum absolute atomic E-state index is 11.5. The number of nitrogens with one attached hydrogen (secondary N) is 1. The number of benzene rings is 1. The molecule has 1 fully saturated rings. The van der Waals surface area contributed by atoms with Gasteiger partial charge in [0.25, 0.3) is 0 Å². The van der Waals surface area contributed by atoms with Crippen molar-refractivity contribution in [1.82, 2.24) is 0 Å². The molecule has 4 heteroatoms. The fraction of sp³-hybridized carbons (Fsp3) is 0.333. The predicted molar refractivity (Wildman–Crippen MR) is 60.7 cm³/mol. The van der Waals surface area contributed by atoms with E-state index in [0.717, 1.165) is 24.1 Å². The van der Waals surface area contributed by atoms with Crippen LogP contribution < -0.4 is 11.1 Å². The van der Waals surface area contributed by atoms with Crippen LogP contribution in [0.3, 0.4) is 0 Å². The number of rotatable bonds is 4. The summed E-state index contributed by atoms with van der Waals surface area (Å²) in [6, 6.07) is 7.18. The van der Waals surface area contributed by atoms with Gasteiger partial charge in [0.2, 0.25) is 11.8 Å². The first-order chi connectivity index (χ1) is 7.65. The summed E-state index contributed by atoms with van der Waals surface area (Å²) in [5.41, 5.74) is 6.71. The predicted octanol–water partition coefficient (Wildman–Crippen LogP) is 1.06. The van der Waals surface area contributed by atoms with Gasteiger partial charge in [-0.05, 0) is 30.5 Å². The van der Waals surface area contributed by atoms with E-state index in [9.17, 15) is 9.59 Å². The Morgan fingerprint density at radius 1 is 1.25 bits per heavy atom. The van der Waals surface area contributed by atoms with E-state index in [1.165, 1.54) is 0 Å². The number of carbonyl (C=O) groups excluding carboxylic acids is 2.